The molecule has 1 aliphatic rings. The van der Waals surface area contributed by atoms with E-state index in [1.807, 2.05) is 0 Å². The Hall–Kier alpha value is -1.05. The Bertz CT molecular complexity index is 611. The van der Waals surface area contributed by atoms with E-state index < -0.39 is 44.2 Å². The Morgan fingerprint density at radius 3 is 2.45 bits per heavy atom. The largest absolute Gasteiger partial charge is 0.326 e. The lowest BCUT2D eigenvalue weighted by molar-refractivity contribution is 0.425. The summed E-state index contributed by atoms with van der Waals surface area (Å²) in [4.78, 5) is -0.549. The van der Waals surface area contributed by atoms with E-state index >= 15 is 0 Å². The zero-order valence-electron chi connectivity index (χ0n) is 11.2. The molecule has 20 heavy (non-hydrogen) atoms. The van der Waals surface area contributed by atoms with Crippen LogP contribution in [0.5, 0.6) is 0 Å². The van der Waals surface area contributed by atoms with Crippen molar-refractivity contribution in [2.45, 2.75) is 49.6 Å². The van der Waals surface area contributed by atoms with Crippen LogP contribution >= 0.6 is 0 Å². The first-order chi connectivity index (χ1) is 9.29. The molecule has 3 N–H and O–H groups in total. The van der Waals surface area contributed by atoms with Crippen molar-refractivity contribution in [1.82, 2.24) is 4.72 Å². The van der Waals surface area contributed by atoms with Crippen LogP contribution in [-0.4, -0.2) is 14.0 Å². The van der Waals surface area contributed by atoms with Gasteiger partial charge in [-0.25, -0.2) is 21.9 Å². The zero-order chi connectivity index (χ0) is 15.0. The van der Waals surface area contributed by atoms with Gasteiger partial charge in [0, 0.05) is 17.6 Å². The molecular weight excluding hydrogens is 286 g/mol. The van der Waals surface area contributed by atoms with E-state index in [0.29, 0.717) is 12.8 Å². The summed E-state index contributed by atoms with van der Waals surface area (Å²) in [5.41, 5.74) is 4.28. The summed E-state index contributed by atoms with van der Waals surface area (Å²) in [6, 6.07) is 1.86. The van der Waals surface area contributed by atoms with Crippen LogP contribution < -0.4 is 10.5 Å². The average Bonchev–Trinajstić information content (AvgIpc) is 2.74. The van der Waals surface area contributed by atoms with E-state index in [1.165, 1.54) is 0 Å². The average molecular weight is 304 g/mol. The van der Waals surface area contributed by atoms with E-state index in [1.54, 1.807) is 6.92 Å². The molecule has 0 heterocycles. The first kappa shape index (κ1) is 15.3. The van der Waals surface area contributed by atoms with E-state index in [2.05, 4.69) is 4.72 Å². The highest BCUT2D eigenvalue weighted by atomic mass is 32.2. The third kappa shape index (κ3) is 2.84. The number of nitrogens with two attached hydrogens (primary N) is 1. The van der Waals surface area contributed by atoms with Gasteiger partial charge in [-0.3, -0.25) is 0 Å². The minimum absolute atomic E-state index is 0.391. The minimum atomic E-state index is -4.03. The Balaban J connectivity index is 2.40. The molecule has 0 spiro atoms. The van der Waals surface area contributed by atoms with E-state index in [9.17, 15) is 17.2 Å². The summed E-state index contributed by atoms with van der Waals surface area (Å²) in [5.74, 6) is -1.95. The van der Waals surface area contributed by atoms with Gasteiger partial charge in [0.2, 0.25) is 10.0 Å². The van der Waals surface area contributed by atoms with Crippen molar-refractivity contribution < 1.29 is 17.2 Å². The molecule has 1 aliphatic carbocycles. The summed E-state index contributed by atoms with van der Waals surface area (Å²) >= 11 is 0. The van der Waals surface area contributed by atoms with Crippen molar-refractivity contribution in [3.05, 3.63) is 29.3 Å². The summed E-state index contributed by atoms with van der Waals surface area (Å²) in [5, 5.41) is 0. The maximum absolute atomic E-state index is 14.1. The van der Waals surface area contributed by atoms with Crippen LogP contribution in [0.25, 0.3) is 0 Å². The molecule has 7 heteroatoms. The van der Waals surface area contributed by atoms with Crippen LogP contribution in [0.3, 0.4) is 0 Å². The monoisotopic (exact) mass is 304 g/mol. The lowest BCUT2D eigenvalue weighted by atomic mass is 10.0. The van der Waals surface area contributed by atoms with Crippen LogP contribution in [0.4, 0.5) is 8.78 Å². The fourth-order valence-electron chi connectivity index (χ4n) is 2.61. The molecule has 0 bridgehead atoms. The van der Waals surface area contributed by atoms with Crippen molar-refractivity contribution >= 4 is 10.0 Å². The Morgan fingerprint density at radius 1 is 1.30 bits per heavy atom. The molecule has 1 aromatic carbocycles. The third-order valence-electron chi connectivity index (χ3n) is 3.73. The van der Waals surface area contributed by atoms with Crippen molar-refractivity contribution in [2.24, 2.45) is 5.73 Å². The van der Waals surface area contributed by atoms with Gasteiger partial charge in [-0.15, -0.1) is 0 Å². The van der Waals surface area contributed by atoms with Crippen LogP contribution in [0.2, 0.25) is 0 Å². The maximum Gasteiger partial charge on any atom is 0.243 e. The first-order valence-corrected chi connectivity index (χ1v) is 7.98. The fraction of sp³-hybridized carbons (Fsp3) is 0.538. The summed E-state index contributed by atoms with van der Waals surface area (Å²) < 4.78 is 54.5. The lowest BCUT2D eigenvalue weighted by Gasteiger charge is -2.25. The molecule has 0 aliphatic heterocycles. The Morgan fingerprint density at radius 2 is 1.90 bits per heavy atom. The Labute approximate surface area is 117 Å². The van der Waals surface area contributed by atoms with Gasteiger partial charge in [-0.05, 0) is 31.9 Å². The summed E-state index contributed by atoms with van der Waals surface area (Å²) in [6.45, 7) is 1.40. The molecule has 1 saturated carbocycles. The number of rotatable bonds is 4. The number of hydrogen-bond donors (Lipinski definition) is 2. The summed E-state index contributed by atoms with van der Waals surface area (Å²) in [7, 11) is -4.03. The molecule has 0 unspecified atom stereocenters. The second-order valence-corrected chi connectivity index (χ2v) is 7.07. The van der Waals surface area contributed by atoms with E-state index in [4.69, 9.17) is 5.73 Å². The maximum atomic E-state index is 14.1. The molecule has 0 radical (unpaired) electrons. The normalized spacial score (nSPS) is 18.4. The molecule has 0 amide bonds. The smallest absolute Gasteiger partial charge is 0.243 e. The predicted octanol–water partition coefficient (Wildman–Crippen LogP) is 2.03. The molecule has 0 saturated heterocycles. The topological polar surface area (TPSA) is 72.2 Å². The third-order valence-corrected chi connectivity index (χ3v) is 5.39. The van der Waals surface area contributed by atoms with Crippen LogP contribution in [0.1, 0.15) is 38.2 Å². The highest BCUT2D eigenvalue weighted by molar-refractivity contribution is 7.89. The number of nitrogens with one attached hydrogen (secondary N) is 1. The molecule has 0 atom stereocenters. The minimum Gasteiger partial charge on any atom is -0.326 e. The van der Waals surface area contributed by atoms with Gasteiger partial charge < -0.3 is 5.73 Å². The molecule has 1 aromatic rings. The van der Waals surface area contributed by atoms with Gasteiger partial charge in [0.25, 0.3) is 0 Å². The van der Waals surface area contributed by atoms with Gasteiger partial charge in [0.05, 0.1) is 0 Å². The summed E-state index contributed by atoms with van der Waals surface area (Å²) in [6.07, 6.45) is 3.27. The standard InChI is InChI=1S/C13H18F2N2O2S/c1-13(6-2-3-7-13)17-20(18,19)11-5-4-10(14)9(8-16)12(11)15/h4-5,17H,2-3,6-8,16H2,1H3. The van der Waals surface area contributed by atoms with Crippen LogP contribution in [0, 0.1) is 11.6 Å². The fourth-order valence-corrected chi connectivity index (χ4v) is 4.18. The number of sulfonamides is 1. The quantitative estimate of drug-likeness (QED) is 0.894. The van der Waals surface area contributed by atoms with Gasteiger partial charge in [-0.2, -0.15) is 0 Å². The van der Waals surface area contributed by atoms with E-state index in [-0.39, 0.29) is 0 Å². The van der Waals surface area contributed by atoms with Gasteiger partial charge in [0.15, 0.2) is 5.82 Å². The van der Waals surface area contributed by atoms with Gasteiger partial charge >= 0.3 is 0 Å². The number of hydrogen-bond acceptors (Lipinski definition) is 3. The molecule has 2 rings (SSSR count). The molecular formula is C13H18F2N2O2S. The van der Waals surface area contributed by atoms with Gasteiger partial charge in [-0.1, -0.05) is 12.8 Å². The van der Waals surface area contributed by atoms with Gasteiger partial charge in [0.1, 0.15) is 10.7 Å². The van der Waals surface area contributed by atoms with Crippen molar-refractivity contribution in [1.29, 1.82) is 0 Å². The zero-order valence-corrected chi connectivity index (χ0v) is 12.1. The highest BCUT2D eigenvalue weighted by Gasteiger charge is 2.35. The SMILES string of the molecule is CC1(NS(=O)(=O)c2ccc(F)c(CN)c2F)CCCC1. The lowest BCUT2D eigenvalue weighted by Crippen LogP contribution is -2.43. The predicted molar refractivity (Wildman–Crippen MR) is 71.4 cm³/mol. The van der Waals surface area contributed by atoms with Crippen molar-refractivity contribution in [2.75, 3.05) is 0 Å². The molecule has 1 fully saturated rings. The molecule has 0 aromatic heterocycles. The second kappa shape index (κ2) is 5.38. The number of benzene rings is 1. The second-order valence-electron chi connectivity index (χ2n) is 5.42. The van der Waals surface area contributed by atoms with Crippen LogP contribution in [-0.2, 0) is 16.6 Å². The first-order valence-electron chi connectivity index (χ1n) is 6.50. The number of halogens is 2. The van der Waals surface area contributed by atoms with Crippen molar-refractivity contribution in [3.8, 4) is 0 Å². The van der Waals surface area contributed by atoms with Crippen LogP contribution in [0.15, 0.2) is 17.0 Å². The van der Waals surface area contributed by atoms with E-state index in [0.717, 1.165) is 25.0 Å². The molecule has 112 valence electrons. The van der Waals surface area contributed by atoms with Crippen molar-refractivity contribution in [3.63, 3.8) is 0 Å². The Kier molecular flexibility index (Phi) is 4.13. The highest BCUT2D eigenvalue weighted by Crippen LogP contribution is 2.31. The molecule has 4 nitrogen and oxygen atoms in total.